The zero-order valence-electron chi connectivity index (χ0n) is 18.3. The molecule has 5 nitrogen and oxygen atoms in total. The maximum absolute atomic E-state index is 11.7. The van der Waals surface area contributed by atoms with Gasteiger partial charge in [0.1, 0.15) is 11.9 Å². The maximum Gasteiger partial charge on any atom is 0.211 e. The molecule has 31 heavy (non-hydrogen) atoms. The van der Waals surface area contributed by atoms with Crippen molar-refractivity contribution >= 4 is 22.0 Å². The van der Waals surface area contributed by atoms with Gasteiger partial charge in [-0.05, 0) is 55.9 Å². The van der Waals surface area contributed by atoms with Gasteiger partial charge in [-0.2, -0.15) is 0 Å². The van der Waals surface area contributed by atoms with E-state index in [9.17, 15) is 8.42 Å². The lowest BCUT2D eigenvalue weighted by atomic mass is 10.0. The predicted octanol–water partition coefficient (Wildman–Crippen LogP) is 4.86. The van der Waals surface area contributed by atoms with Crippen molar-refractivity contribution in [3.05, 3.63) is 65.7 Å². The fraction of sp³-hybridized carbons (Fsp3) is 0.500. The van der Waals surface area contributed by atoms with Crippen LogP contribution in [0.4, 0.5) is 0 Å². The van der Waals surface area contributed by atoms with Crippen molar-refractivity contribution in [3.63, 3.8) is 0 Å². The zero-order valence-corrected chi connectivity index (χ0v) is 19.9. The van der Waals surface area contributed by atoms with Crippen LogP contribution in [-0.4, -0.2) is 48.5 Å². The summed E-state index contributed by atoms with van der Waals surface area (Å²) in [7, 11) is -3.10. The number of sulfonamides is 1. The summed E-state index contributed by atoms with van der Waals surface area (Å²) in [4.78, 5) is 0. The van der Waals surface area contributed by atoms with Crippen LogP contribution in [-0.2, 0) is 16.6 Å². The van der Waals surface area contributed by atoms with Crippen molar-refractivity contribution in [2.24, 2.45) is 0 Å². The highest BCUT2D eigenvalue weighted by molar-refractivity contribution is 7.97. The number of hydrogen-bond acceptors (Lipinski definition) is 5. The van der Waals surface area contributed by atoms with Gasteiger partial charge < -0.3 is 4.74 Å². The summed E-state index contributed by atoms with van der Waals surface area (Å²) in [6.45, 7) is 4.30. The lowest BCUT2D eigenvalue weighted by Crippen LogP contribution is -2.41. The predicted molar refractivity (Wildman–Crippen MR) is 128 cm³/mol. The Hall–Kier alpha value is -1.54. The zero-order chi connectivity index (χ0) is 21.8. The fourth-order valence-corrected chi connectivity index (χ4v) is 6.53. The van der Waals surface area contributed by atoms with Crippen LogP contribution in [0.15, 0.2) is 54.6 Å². The van der Waals surface area contributed by atoms with Crippen LogP contribution in [0.1, 0.15) is 49.0 Å². The Morgan fingerprint density at radius 3 is 2.29 bits per heavy atom. The van der Waals surface area contributed by atoms with Crippen LogP contribution in [0.3, 0.4) is 0 Å². The molecule has 0 radical (unpaired) electrons. The lowest BCUT2D eigenvalue weighted by molar-refractivity contribution is 0.135. The Bertz CT molecular complexity index is 943. The van der Waals surface area contributed by atoms with E-state index in [1.807, 2.05) is 24.1 Å². The molecule has 7 heteroatoms. The molecule has 2 aliphatic heterocycles. The molecule has 1 unspecified atom stereocenters. The van der Waals surface area contributed by atoms with Crippen LogP contribution < -0.4 is 4.74 Å². The molecule has 0 saturated carbocycles. The number of rotatable bonds is 6. The Balaban J connectivity index is 1.31. The van der Waals surface area contributed by atoms with Gasteiger partial charge in [-0.25, -0.2) is 17.0 Å². The summed E-state index contributed by atoms with van der Waals surface area (Å²) in [5.41, 5.74) is 2.70. The van der Waals surface area contributed by atoms with E-state index in [4.69, 9.17) is 4.74 Å². The van der Waals surface area contributed by atoms with Crippen molar-refractivity contribution in [3.8, 4) is 5.75 Å². The molecule has 2 aliphatic rings. The number of nitrogens with zero attached hydrogens (tertiary/aromatic N) is 2. The SMILES string of the molecule is C[C@H]1CCC(c2ccccc2)SN1Cc1ccc(OC2CCN(S(C)(=O)=O)CC2)cc1. The van der Waals surface area contributed by atoms with Crippen LogP contribution in [0.25, 0.3) is 0 Å². The molecule has 0 aliphatic carbocycles. The summed E-state index contributed by atoms with van der Waals surface area (Å²) >= 11 is 1.97. The van der Waals surface area contributed by atoms with E-state index < -0.39 is 10.0 Å². The average Bonchev–Trinajstić information content (AvgIpc) is 2.77. The van der Waals surface area contributed by atoms with Crippen molar-refractivity contribution in [2.75, 3.05) is 19.3 Å². The third-order valence-electron chi connectivity index (χ3n) is 6.21. The second-order valence-electron chi connectivity index (χ2n) is 8.63. The minimum Gasteiger partial charge on any atom is -0.490 e. The van der Waals surface area contributed by atoms with Crippen LogP contribution in [0.2, 0.25) is 0 Å². The summed E-state index contributed by atoms with van der Waals surface area (Å²) < 4.78 is 33.5. The van der Waals surface area contributed by atoms with E-state index in [1.165, 1.54) is 34.5 Å². The van der Waals surface area contributed by atoms with Crippen molar-refractivity contribution in [2.45, 2.75) is 56.5 Å². The van der Waals surface area contributed by atoms with Crippen molar-refractivity contribution in [1.29, 1.82) is 0 Å². The minimum atomic E-state index is -3.10. The average molecular weight is 461 g/mol. The van der Waals surface area contributed by atoms with Gasteiger partial charge in [0.15, 0.2) is 0 Å². The largest absolute Gasteiger partial charge is 0.490 e. The Morgan fingerprint density at radius 1 is 0.968 bits per heavy atom. The first-order valence-corrected chi connectivity index (χ1v) is 13.8. The molecule has 0 aromatic heterocycles. The number of ether oxygens (including phenoxy) is 1. The molecule has 2 saturated heterocycles. The number of hydrogen-bond donors (Lipinski definition) is 0. The molecule has 2 aromatic carbocycles. The van der Waals surface area contributed by atoms with Crippen molar-refractivity contribution in [1.82, 2.24) is 8.61 Å². The van der Waals surface area contributed by atoms with Gasteiger partial charge in [0, 0.05) is 30.9 Å². The highest BCUT2D eigenvalue weighted by Gasteiger charge is 2.28. The normalized spacial score (nSPS) is 24.2. The van der Waals surface area contributed by atoms with Gasteiger partial charge in [0.05, 0.1) is 6.26 Å². The second kappa shape index (κ2) is 9.94. The molecule has 0 amide bonds. The van der Waals surface area contributed by atoms with Gasteiger partial charge in [-0.3, -0.25) is 0 Å². The first-order valence-electron chi connectivity index (χ1n) is 11.1. The first-order chi connectivity index (χ1) is 14.9. The molecular weight excluding hydrogens is 428 g/mol. The molecule has 0 spiro atoms. The summed E-state index contributed by atoms with van der Waals surface area (Å²) in [6, 6.07) is 19.8. The van der Waals surface area contributed by atoms with Crippen LogP contribution in [0.5, 0.6) is 5.75 Å². The minimum absolute atomic E-state index is 0.0770. The van der Waals surface area contributed by atoms with E-state index in [0.29, 0.717) is 24.4 Å². The Morgan fingerprint density at radius 2 is 1.65 bits per heavy atom. The highest BCUT2D eigenvalue weighted by atomic mass is 32.2. The molecule has 0 bridgehead atoms. The van der Waals surface area contributed by atoms with Crippen molar-refractivity contribution < 1.29 is 13.2 Å². The Labute approximate surface area is 191 Å². The quantitative estimate of drug-likeness (QED) is 0.576. The molecule has 0 N–H and O–H groups in total. The van der Waals surface area contributed by atoms with E-state index in [2.05, 4.69) is 53.7 Å². The van der Waals surface area contributed by atoms with Gasteiger partial charge in [0.25, 0.3) is 0 Å². The van der Waals surface area contributed by atoms with E-state index in [1.54, 1.807) is 0 Å². The number of benzene rings is 2. The van der Waals surface area contributed by atoms with E-state index in [0.717, 1.165) is 25.1 Å². The fourth-order valence-electron chi connectivity index (χ4n) is 4.27. The number of piperidine rings is 1. The lowest BCUT2D eigenvalue weighted by Gasteiger charge is -2.37. The second-order valence-corrected chi connectivity index (χ2v) is 11.9. The van der Waals surface area contributed by atoms with Gasteiger partial charge in [0.2, 0.25) is 10.0 Å². The standard InChI is InChI=1S/C24H32N2O3S2/c1-19-8-13-24(21-6-4-3-5-7-21)30-26(19)18-20-9-11-22(12-10-20)29-23-14-16-25(17-15-23)31(2,27)28/h3-7,9-12,19,23-24H,8,13-18H2,1-2H3/t19-,24?/m0/s1. The van der Waals surface area contributed by atoms with Crippen LogP contribution >= 0.6 is 11.9 Å². The smallest absolute Gasteiger partial charge is 0.211 e. The maximum atomic E-state index is 11.7. The Kier molecular flexibility index (Phi) is 7.26. The third-order valence-corrected chi connectivity index (χ3v) is 9.03. The third kappa shape index (κ3) is 6.04. The van der Waals surface area contributed by atoms with E-state index in [-0.39, 0.29) is 6.10 Å². The molecule has 4 rings (SSSR count). The van der Waals surface area contributed by atoms with Gasteiger partial charge in [-0.15, -0.1) is 0 Å². The molecule has 2 heterocycles. The molecule has 2 aromatic rings. The summed E-state index contributed by atoms with van der Waals surface area (Å²) in [5.74, 6) is 0.864. The highest BCUT2D eigenvalue weighted by Crippen LogP contribution is 2.43. The van der Waals surface area contributed by atoms with Crippen LogP contribution in [0, 0.1) is 0 Å². The molecule has 2 atom stereocenters. The molecular formula is C24H32N2O3S2. The molecule has 168 valence electrons. The molecule has 2 fully saturated rings. The topological polar surface area (TPSA) is 49.9 Å². The monoisotopic (exact) mass is 460 g/mol. The summed E-state index contributed by atoms with van der Waals surface area (Å²) in [6.07, 6.45) is 5.25. The van der Waals surface area contributed by atoms with Gasteiger partial charge in [-0.1, -0.05) is 54.4 Å². The van der Waals surface area contributed by atoms with E-state index >= 15 is 0 Å². The van der Waals surface area contributed by atoms with Gasteiger partial charge >= 0.3 is 0 Å². The first kappa shape index (κ1) is 22.6. The summed E-state index contributed by atoms with van der Waals surface area (Å²) in [5, 5.41) is 0.526.